The van der Waals surface area contributed by atoms with Crippen LogP contribution < -0.4 is 0 Å². The number of hydrogen-bond donors (Lipinski definition) is 3. The summed E-state index contributed by atoms with van der Waals surface area (Å²) in [5.41, 5.74) is 0.808. The Balaban J connectivity index is 2.08. The summed E-state index contributed by atoms with van der Waals surface area (Å²) < 4.78 is 50.3. The molecule has 0 amide bonds. The first-order valence-corrected chi connectivity index (χ1v) is 8.50. The normalized spacial score (nSPS) is 31.1. The Hall–Kier alpha value is -1.11. The summed E-state index contributed by atoms with van der Waals surface area (Å²) in [6.07, 6.45) is -6.15. The molecular weight excluding hydrogens is 344 g/mol. The molecule has 1 aliphatic heterocycles. The summed E-state index contributed by atoms with van der Waals surface area (Å²) in [6, 6.07) is 9.04. The van der Waals surface area contributed by atoms with Crippen molar-refractivity contribution in [1.82, 2.24) is 0 Å². The Morgan fingerprint density at radius 3 is 2.42 bits per heavy atom. The molecule has 1 fully saturated rings. The van der Waals surface area contributed by atoms with Crippen LogP contribution in [0.5, 0.6) is 0 Å². The van der Waals surface area contributed by atoms with Crippen molar-refractivity contribution in [3.05, 3.63) is 35.9 Å². The lowest BCUT2D eigenvalue weighted by Gasteiger charge is -2.41. The van der Waals surface area contributed by atoms with Crippen molar-refractivity contribution in [3.63, 3.8) is 0 Å². The summed E-state index contributed by atoms with van der Waals surface area (Å²) in [5, 5.41) is 20.2. The molecule has 1 aromatic rings. The fourth-order valence-corrected chi connectivity index (χ4v) is 2.67. The van der Waals surface area contributed by atoms with Crippen molar-refractivity contribution in [2.75, 3.05) is 13.7 Å². The van der Waals surface area contributed by atoms with Gasteiger partial charge in [0.15, 0.2) is 6.29 Å². The summed E-state index contributed by atoms with van der Waals surface area (Å²) in [4.78, 5) is 0. The molecule has 0 unspecified atom stereocenters. The highest BCUT2D eigenvalue weighted by molar-refractivity contribution is 7.80. The van der Waals surface area contributed by atoms with Crippen LogP contribution in [-0.4, -0.2) is 67.6 Å². The van der Waals surface area contributed by atoms with Crippen LogP contribution in [0, 0.1) is 0 Å². The van der Waals surface area contributed by atoms with Crippen molar-refractivity contribution in [2.24, 2.45) is 0 Å². The molecule has 2 rings (SSSR count). The quantitative estimate of drug-likeness (QED) is 0.547. The lowest BCUT2D eigenvalue weighted by Crippen LogP contribution is -2.60. The molecular formula is C14H20O9S. The highest BCUT2D eigenvalue weighted by Gasteiger charge is 2.46. The van der Waals surface area contributed by atoms with Crippen molar-refractivity contribution in [3.8, 4) is 0 Å². The summed E-state index contributed by atoms with van der Waals surface area (Å²) in [5.74, 6) is 0. The second-order valence-electron chi connectivity index (χ2n) is 5.23. The number of methoxy groups -OCH3 is 1. The average Bonchev–Trinajstić information content (AvgIpc) is 2.55. The van der Waals surface area contributed by atoms with Crippen LogP contribution in [0.2, 0.25) is 0 Å². The fourth-order valence-electron chi connectivity index (χ4n) is 2.36. The van der Waals surface area contributed by atoms with Gasteiger partial charge in [-0.05, 0) is 5.56 Å². The third kappa shape index (κ3) is 5.19. The largest absolute Gasteiger partial charge is 0.397 e. The Bertz CT molecular complexity index is 606. The maximum Gasteiger partial charge on any atom is 0.397 e. The fraction of sp³-hybridized carbons (Fsp3) is 0.571. The zero-order chi connectivity index (χ0) is 17.7. The van der Waals surface area contributed by atoms with E-state index in [2.05, 4.69) is 4.18 Å². The van der Waals surface area contributed by atoms with E-state index in [-0.39, 0.29) is 6.61 Å². The number of aliphatic hydroxyl groups excluding tert-OH is 2. The molecule has 3 N–H and O–H groups in total. The Kier molecular flexibility index (Phi) is 6.66. The van der Waals surface area contributed by atoms with Crippen molar-refractivity contribution in [1.29, 1.82) is 0 Å². The lowest BCUT2D eigenvalue weighted by atomic mass is 9.99. The maximum atomic E-state index is 10.8. The van der Waals surface area contributed by atoms with Crippen LogP contribution in [0.25, 0.3) is 0 Å². The number of hydrogen-bond acceptors (Lipinski definition) is 8. The Morgan fingerprint density at radius 1 is 1.17 bits per heavy atom. The summed E-state index contributed by atoms with van der Waals surface area (Å²) in [7, 11) is -3.43. The van der Waals surface area contributed by atoms with Gasteiger partial charge < -0.3 is 24.4 Å². The topological polar surface area (TPSA) is 132 Å². The van der Waals surface area contributed by atoms with Crippen LogP contribution in [0.3, 0.4) is 0 Å². The van der Waals surface area contributed by atoms with Crippen LogP contribution in [-0.2, 0) is 35.4 Å². The van der Waals surface area contributed by atoms with Crippen LogP contribution in [0.1, 0.15) is 5.56 Å². The third-order valence-electron chi connectivity index (χ3n) is 3.54. The highest BCUT2D eigenvalue weighted by Crippen LogP contribution is 2.25. The first-order valence-electron chi connectivity index (χ1n) is 7.13. The smallest absolute Gasteiger partial charge is 0.387 e. The van der Waals surface area contributed by atoms with Crippen molar-refractivity contribution >= 4 is 10.4 Å². The monoisotopic (exact) mass is 364 g/mol. The number of ether oxygens (including phenoxy) is 3. The van der Waals surface area contributed by atoms with E-state index >= 15 is 0 Å². The maximum absolute atomic E-state index is 10.8. The minimum absolute atomic E-state index is 0.0959. The van der Waals surface area contributed by atoms with E-state index in [1.807, 2.05) is 6.07 Å². The zero-order valence-corrected chi connectivity index (χ0v) is 13.7. The van der Waals surface area contributed by atoms with E-state index in [0.29, 0.717) is 0 Å². The van der Waals surface area contributed by atoms with E-state index in [9.17, 15) is 18.6 Å². The molecule has 1 saturated heterocycles. The van der Waals surface area contributed by atoms with E-state index < -0.39 is 47.7 Å². The molecule has 0 bridgehead atoms. The Labute approximate surface area is 139 Å². The standard InChI is InChI=1S/C14H20O9S/c1-20-14-12(16)11(15)13(10(23-14)8-22-24(17,18)19)21-7-9-5-3-2-4-6-9/h2-6,10-16H,7-8H2,1H3,(H,17,18,19)/t10-,11-,12-,13-,14+/m1/s1. The molecule has 0 aromatic heterocycles. The lowest BCUT2D eigenvalue weighted by molar-refractivity contribution is -0.301. The predicted octanol–water partition coefficient (Wildman–Crippen LogP) is -0.516. The number of aliphatic hydroxyl groups is 2. The molecule has 24 heavy (non-hydrogen) atoms. The van der Waals surface area contributed by atoms with Gasteiger partial charge in [0.2, 0.25) is 0 Å². The molecule has 9 nitrogen and oxygen atoms in total. The predicted molar refractivity (Wildman–Crippen MR) is 80.2 cm³/mol. The molecule has 0 saturated carbocycles. The highest BCUT2D eigenvalue weighted by atomic mass is 32.3. The van der Waals surface area contributed by atoms with Crippen molar-refractivity contribution < 1.29 is 41.6 Å². The molecule has 1 aliphatic rings. The van der Waals surface area contributed by atoms with E-state index in [4.69, 9.17) is 18.8 Å². The van der Waals surface area contributed by atoms with Crippen LogP contribution in [0.4, 0.5) is 0 Å². The van der Waals surface area contributed by atoms with E-state index in [1.165, 1.54) is 7.11 Å². The molecule has 0 aliphatic carbocycles. The van der Waals surface area contributed by atoms with Gasteiger partial charge in [-0.3, -0.25) is 4.55 Å². The molecule has 0 spiro atoms. The second-order valence-corrected chi connectivity index (χ2v) is 6.32. The zero-order valence-electron chi connectivity index (χ0n) is 12.9. The first-order chi connectivity index (χ1) is 11.3. The minimum Gasteiger partial charge on any atom is -0.387 e. The molecule has 1 heterocycles. The minimum atomic E-state index is -4.69. The van der Waals surface area contributed by atoms with Gasteiger partial charge in [0.25, 0.3) is 0 Å². The molecule has 0 radical (unpaired) electrons. The SMILES string of the molecule is CO[C@H]1O[C@H](COS(=O)(=O)O)[C@@H](OCc2ccccc2)[C@H](O)[C@H]1O. The third-order valence-corrected chi connectivity index (χ3v) is 3.97. The van der Waals surface area contributed by atoms with Gasteiger partial charge in [-0.15, -0.1) is 0 Å². The van der Waals surface area contributed by atoms with Crippen LogP contribution in [0.15, 0.2) is 30.3 Å². The average molecular weight is 364 g/mol. The molecule has 1 aromatic carbocycles. The molecule has 136 valence electrons. The van der Waals surface area contributed by atoms with Gasteiger partial charge in [0.1, 0.15) is 24.4 Å². The molecule has 5 atom stereocenters. The second kappa shape index (κ2) is 8.32. The van der Waals surface area contributed by atoms with Gasteiger partial charge >= 0.3 is 10.4 Å². The summed E-state index contributed by atoms with van der Waals surface area (Å²) >= 11 is 0. The van der Waals surface area contributed by atoms with Gasteiger partial charge in [0, 0.05) is 7.11 Å². The van der Waals surface area contributed by atoms with Gasteiger partial charge in [-0.25, -0.2) is 4.18 Å². The Morgan fingerprint density at radius 2 is 1.83 bits per heavy atom. The first kappa shape index (κ1) is 19.2. The van der Waals surface area contributed by atoms with Gasteiger partial charge in [-0.1, -0.05) is 30.3 Å². The van der Waals surface area contributed by atoms with Gasteiger partial charge in [0.05, 0.1) is 13.2 Å². The summed E-state index contributed by atoms with van der Waals surface area (Å²) in [6.45, 7) is -0.513. The van der Waals surface area contributed by atoms with E-state index in [0.717, 1.165) is 5.56 Å². The van der Waals surface area contributed by atoms with Gasteiger partial charge in [-0.2, -0.15) is 8.42 Å². The number of benzene rings is 1. The number of rotatable bonds is 7. The van der Waals surface area contributed by atoms with E-state index in [1.54, 1.807) is 24.3 Å². The van der Waals surface area contributed by atoms with Crippen molar-refractivity contribution in [2.45, 2.75) is 37.3 Å². The molecule has 10 heteroatoms. The van der Waals surface area contributed by atoms with Crippen LogP contribution >= 0.6 is 0 Å².